The summed E-state index contributed by atoms with van der Waals surface area (Å²) in [6.45, 7) is 0.639. The number of pyridine rings is 1. The van der Waals surface area contributed by atoms with Crippen molar-refractivity contribution in [1.29, 1.82) is 0 Å². The molecule has 0 N–H and O–H groups in total. The number of rotatable bonds is 7. The number of halogens is 4. The second-order valence-electron chi connectivity index (χ2n) is 7.64. The van der Waals surface area contributed by atoms with Crippen LogP contribution in [-0.2, 0) is 24.0 Å². The van der Waals surface area contributed by atoms with Crippen LogP contribution >= 0.6 is 11.6 Å². The minimum atomic E-state index is -0.812. The summed E-state index contributed by atoms with van der Waals surface area (Å²) in [7, 11) is 1.67. The SMILES string of the molecule is COCCc1ccc(-c2ccc3c(F)c(CCc4cc(F)c(Cl)c(F)c4)ccc3c2)nc1. The Morgan fingerprint density at radius 3 is 2.31 bits per heavy atom. The minimum Gasteiger partial charge on any atom is -0.384 e. The van der Waals surface area contributed by atoms with Gasteiger partial charge in [0, 0.05) is 24.3 Å². The molecule has 0 radical (unpaired) electrons. The van der Waals surface area contributed by atoms with Crippen LogP contribution in [0.25, 0.3) is 22.0 Å². The van der Waals surface area contributed by atoms with Gasteiger partial charge in [0.2, 0.25) is 0 Å². The summed E-state index contributed by atoms with van der Waals surface area (Å²) >= 11 is 5.52. The van der Waals surface area contributed by atoms with Gasteiger partial charge in [0.05, 0.1) is 12.3 Å². The van der Waals surface area contributed by atoms with Gasteiger partial charge < -0.3 is 4.74 Å². The number of hydrogen-bond donors (Lipinski definition) is 0. The monoisotopic (exact) mass is 455 g/mol. The predicted molar refractivity (Wildman–Crippen MR) is 121 cm³/mol. The lowest BCUT2D eigenvalue weighted by Gasteiger charge is -2.10. The fourth-order valence-corrected chi connectivity index (χ4v) is 3.79. The van der Waals surface area contributed by atoms with E-state index >= 15 is 4.39 Å². The van der Waals surface area contributed by atoms with E-state index in [-0.39, 0.29) is 5.82 Å². The summed E-state index contributed by atoms with van der Waals surface area (Å²) in [6, 6.07) is 15.4. The quantitative estimate of drug-likeness (QED) is 0.281. The molecule has 0 unspecified atom stereocenters. The Kier molecular flexibility index (Phi) is 6.77. The molecule has 0 aliphatic rings. The first-order valence-electron chi connectivity index (χ1n) is 10.2. The van der Waals surface area contributed by atoms with E-state index in [0.717, 1.165) is 28.6 Å². The third-order valence-electron chi connectivity index (χ3n) is 5.48. The van der Waals surface area contributed by atoms with Crippen molar-refractivity contribution in [2.75, 3.05) is 13.7 Å². The highest BCUT2D eigenvalue weighted by molar-refractivity contribution is 6.30. The van der Waals surface area contributed by atoms with Crippen LogP contribution < -0.4 is 0 Å². The molecule has 0 spiro atoms. The third-order valence-corrected chi connectivity index (χ3v) is 5.84. The summed E-state index contributed by atoms with van der Waals surface area (Å²) in [5, 5.41) is 0.731. The topological polar surface area (TPSA) is 22.1 Å². The molecule has 1 heterocycles. The van der Waals surface area contributed by atoms with Crippen LogP contribution in [0.5, 0.6) is 0 Å². The first-order valence-corrected chi connectivity index (χ1v) is 10.6. The molecule has 0 aliphatic heterocycles. The van der Waals surface area contributed by atoms with Crippen LogP contribution in [0.3, 0.4) is 0 Å². The Morgan fingerprint density at radius 1 is 0.844 bits per heavy atom. The lowest BCUT2D eigenvalue weighted by Crippen LogP contribution is -1.98. The van der Waals surface area contributed by atoms with Gasteiger partial charge in [-0.25, -0.2) is 13.2 Å². The first-order chi connectivity index (χ1) is 15.5. The maximum absolute atomic E-state index is 15.1. The summed E-state index contributed by atoms with van der Waals surface area (Å²) in [5.41, 5.74) is 3.72. The van der Waals surface area contributed by atoms with E-state index in [9.17, 15) is 8.78 Å². The Labute approximate surface area is 189 Å². The van der Waals surface area contributed by atoms with Crippen molar-refractivity contribution >= 4 is 22.4 Å². The molecule has 4 aromatic rings. The highest BCUT2D eigenvalue weighted by Crippen LogP contribution is 2.28. The third kappa shape index (κ3) is 4.79. The zero-order valence-electron chi connectivity index (χ0n) is 17.5. The number of benzene rings is 3. The Morgan fingerprint density at radius 2 is 1.62 bits per heavy atom. The van der Waals surface area contributed by atoms with E-state index in [1.54, 1.807) is 19.2 Å². The Hall–Kier alpha value is -2.89. The van der Waals surface area contributed by atoms with Crippen LogP contribution in [0.2, 0.25) is 5.02 Å². The molecular formula is C26H21ClF3NO. The van der Waals surface area contributed by atoms with Gasteiger partial charge in [-0.15, -0.1) is 0 Å². The molecule has 0 saturated heterocycles. The fourth-order valence-electron chi connectivity index (χ4n) is 3.68. The van der Waals surface area contributed by atoms with Gasteiger partial charge in [-0.2, -0.15) is 0 Å². The number of methoxy groups -OCH3 is 1. The van der Waals surface area contributed by atoms with Crippen LogP contribution in [0, 0.1) is 17.5 Å². The van der Waals surface area contributed by atoms with Crippen LogP contribution in [0.4, 0.5) is 13.2 Å². The smallest absolute Gasteiger partial charge is 0.145 e. The van der Waals surface area contributed by atoms with Crippen molar-refractivity contribution in [3.05, 3.63) is 100.0 Å². The van der Waals surface area contributed by atoms with E-state index in [0.29, 0.717) is 36.0 Å². The molecule has 32 heavy (non-hydrogen) atoms. The number of aromatic nitrogens is 1. The zero-order valence-corrected chi connectivity index (χ0v) is 18.2. The summed E-state index contributed by atoms with van der Waals surface area (Å²) in [6.07, 6.45) is 3.23. The average molecular weight is 456 g/mol. The van der Waals surface area contributed by atoms with Gasteiger partial charge in [-0.3, -0.25) is 4.98 Å². The summed E-state index contributed by atoms with van der Waals surface area (Å²) in [4.78, 5) is 4.51. The largest absolute Gasteiger partial charge is 0.384 e. The molecule has 0 fully saturated rings. The summed E-state index contributed by atoms with van der Waals surface area (Å²) < 4.78 is 47.5. The van der Waals surface area contributed by atoms with Crippen LogP contribution in [0.15, 0.2) is 60.8 Å². The lowest BCUT2D eigenvalue weighted by atomic mass is 9.98. The highest BCUT2D eigenvalue weighted by Gasteiger charge is 2.12. The molecule has 2 nitrogen and oxygen atoms in total. The van der Waals surface area contributed by atoms with Gasteiger partial charge in [0.15, 0.2) is 0 Å². The molecule has 164 valence electrons. The molecule has 0 saturated carbocycles. The number of fused-ring (bicyclic) bond motifs is 1. The van der Waals surface area contributed by atoms with Gasteiger partial charge >= 0.3 is 0 Å². The average Bonchev–Trinajstić information content (AvgIpc) is 2.81. The molecule has 6 heteroatoms. The second kappa shape index (κ2) is 9.72. The molecule has 4 rings (SSSR count). The zero-order chi connectivity index (χ0) is 22.7. The van der Waals surface area contributed by atoms with E-state index in [1.165, 1.54) is 12.1 Å². The molecule has 0 aliphatic carbocycles. The van der Waals surface area contributed by atoms with Gasteiger partial charge in [-0.05, 0) is 65.6 Å². The minimum absolute atomic E-state index is 0.296. The van der Waals surface area contributed by atoms with Crippen molar-refractivity contribution in [3.8, 4) is 11.3 Å². The van der Waals surface area contributed by atoms with E-state index in [4.69, 9.17) is 16.3 Å². The molecule has 3 aromatic carbocycles. The number of nitrogens with zero attached hydrogens (tertiary/aromatic N) is 1. The number of aryl methyl sites for hydroxylation is 2. The number of hydrogen-bond acceptors (Lipinski definition) is 2. The maximum atomic E-state index is 15.1. The lowest BCUT2D eigenvalue weighted by molar-refractivity contribution is 0.202. The fraction of sp³-hybridized carbons (Fsp3) is 0.192. The van der Waals surface area contributed by atoms with Crippen molar-refractivity contribution in [1.82, 2.24) is 4.98 Å². The van der Waals surface area contributed by atoms with Gasteiger partial charge in [0.25, 0.3) is 0 Å². The number of ether oxygens (including phenoxy) is 1. The predicted octanol–water partition coefficient (Wildman–Crippen LogP) is 6.95. The van der Waals surface area contributed by atoms with Gasteiger partial charge in [-0.1, -0.05) is 41.9 Å². The molecule has 0 bridgehead atoms. The first kappa shape index (κ1) is 22.3. The van der Waals surface area contributed by atoms with Crippen LogP contribution in [-0.4, -0.2) is 18.7 Å². The van der Waals surface area contributed by atoms with Crippen LogP contribution in [0.1, 0.15) is 16.7 Å². The molecular weight excluding hydrogens is 435 g/mol. The Balaban J connectivity index is 1.54. The second-order valence-corrected chi connectivity index (χ2v) is 8.02. The normalized spacial score (nSPS) is 11.3. The van der Waals surface area contributed by atoms with Crippen molar-refractivity contribution in [2.24, 2.45) is 0 Å². The molecule has 0 atom stereocenters. The van der Waals surface area contributed by atoms with E-state index in [2.05, 4.69) is 4.98 Å². The van der Waals surface area contributed by atoms with E-state index in [1.807, 2.05) is 36.5 Å². The van der Waals surface area contributed by atoms with Gasteiger partial charge in [0.1, 0.15) is 22.5 Å². The van der Waals surface area contributed by atoms with Crippen molar-refractivity contribution in [3.63, 3.8) is 0 Å². The molecule has 1 aromatic heterocycles. The standard InChI is InChI=1S/C26H21ClF3NO/c1-32-11-10-16-3-9-24(31-15-16)20-7-8-21-19(14-20)6-5-18(26(21)30)4-2-17-12-22(28)25(27)23(29)13-17/h3,5-9,12-15H,2,4,10-11H2,1H3. The van der Waals surface area contributed by atoms with Crippen molar-refractivity contribution in [2.45, 2.75) is 19.3 Å². The Bertz CT molecular complexity index is 1240. The highest BCUT2D eigenvalue weighted by atomic mass is 35.5. The maximum Gasteiger partial charge on any atom is 0.145 e. The van der Waals surface area contributed by atoms with Crippen molar-refractivity contribution < 1.29 is 17.9 Å². The van der Waals surface area contributed by atoms with E-state index < -0.39 is 16.7 Å². The summed E-state index contributed by atoms with van der Waals surface area (Å²) in [5.74, 6) is -1.95. The molecule has 0 amide bonds.